The van der Waals surface area contributed by atoms with Gasteiger partial charge in [0.05, 0.1) is 18.2 Å². The molecule has 0 aromatic carbocycles. The van der Waals surface area contributed by atoms with Crippen LogP contribution in [-0.4, -0.2) is 60.5 Å². The molecule has 0 saturated carbocycles. The molecule has 0 spiro atoms. The van der Waals surface area contributed by atoms with Crippen molar-refractivity contribution in [2.45, 2.75) is 10.2 Å². The fraction of sp³-hybridized carbons (Fsp3) is 0.429. The van der Waals surface area contributed by atoms with Gasteiger partial charge in [-0.15, -0.1) is 0 Å². The summed E-state index contributed by atoms with van der Waals surface area (Å²) in [5.41, 5.74) is 0. The zero-order valence-electron chi connectivity index (χ0n) is 13.5. The van der Waals surface area contributed by atoms with Gasteiger partial charge in [-0.3, -0.25) is 0 Å². The Balaban J connectivity index is 2.16. The van der Waals surface area contributed by atoms with Crippen LogP contribution in [0.25, 0.3) is 0 Å². The standard InChI is InChI=1S/C14H19ClN6O2S/c1-22-8-6-17-12-19-13(18-7-9-23-2)21-14(20-12)24-11-10(15)4-3-5-16-11/h3-5H,6-9H2,1-2H3,(H2,17,18,19,20,21). The van der Waals surface area contributed by atoms with Crippen LogP contribution in [0, 0.1) is 0 Å². The number of methoxy groups -OCH3 is 2. The predicted molar refractivity (Wildman–Crippen MR) is 93.9 cm³/mol. The molecule has 0 saturated heterocycles. The van der Waals surface area contributed by atoms with Gasteiger partial charge in [0, 0.05) is 33.5 Å². The molecule has 130 valence electrons. The first kappa shape index (κ1) is 18.7. The van der Waals surface area contributed by atoms with Gasteiger partial charge in [-0.2, -0.15) is 15.0 Å². The maximum atomic E-state index is 6.14. The molecule has 0 unspecified atom stereocenters. The molecular formula is C14H19ClN6O2S. The molecule has 2 aromatic heterocycles. The van der Waals surface area contributed by atoms with Crippen molar-refractivity contribution in [3.05, 3.63) is 23.4 Å². The van der Waals surface area contributed by atoms with Crippen LogP contribution in [0.5, 0.6) is 0 Å². The minimum Gasteiger partial charge on any atom is -0.383 e. The fourth-order valence-electron chi connectivity index (χ4n) is 1.62. The summed E-state index contributed by atoms with van der Waals surface area (Å²) in [7, 11) is 3.27. The Hall–Kier alpha value is -1.68. The van der Waals surface area contributed by atoms with Crippen molar-refractivity contribution < 1.29 is 9.47 Å². The van der Waals surface area contributed by atoms with E-state index in [-0.39, 0.29) is 0 Å². The van der Waals surface area contributed by atoms with Crippen LogP contribution in [-0.2, 0) is 9.47 Å². The van der Waals surface area contributed by atoms with Gasteiger partial charge < -0.3 is 20.1 Å². The number of anilines is 2. The zero-order chi connectivity index (χ0) is 17.2. The fourth-order valence-corrected chi connectivity index (χ4v) is 2.58. The minimum atomic E-state index is 0.455. The Bertz CT molecular complexity index is 620. The lowest BCUT2D eigenvalue weighted by Gasteiger charge is -2.10. The number of halogens is 1. The van der Waals surface area contributed by atoms with Crippen LogP contribution in [0.1, 0.15) is 0 Å². The predicted octanol–water partition coefficient (Wildman–Crippen LogP) is 2.19. The van der Waals surface area contributed by atoms with Crippen LogP contribution in [0.3, 0.4) is 0 Å². The van der Waals surface area contributed by atoms with Crippen LogP contribution >= 0.6 is 23.4 Å². The van der Waals surface area contributed by atoms with E-state index in [1.807, 2.05) is 0 Å². The molecule has 10 heteroatoms. The van der Waals surface area contributed by atoms with Crippen molar-refractivity contribution in [1.29, 1.82) is 0 Å². The molecule has 0 aliphatic heterocycles. The largest absolute Gasteiger partial charge is 0.383 e. The number of nitrogens with zero attached hydrogens (tertiary/aromatic N) is 4. The summed E-state index contributed by atoms with van der Waals surface area (Å²) in [4.78, 5) is 17.3. The number of hydrogen-bond acceptors (Lipinski definition) is 9. The van der Waals surface area contributed by atoms with Crippen molar-refractivity contribution in [2.24, 2.45) is 0 Å². The third-order valence-electron chi connectivity index (χ3n) is 2.71. The van der Waals surface area contributed by atoms with Gasteiger partial charge >= 0.3 is 0 Å². The Kier molecular flexibility index (Phi) is 7.96. The molecule has 0 aliphatic carbocycles. The van der Waals surface area contributed by atoms with E-state index < -0.39 is 0 Å². The first-order valence-corrected chi connectivity index (χ1v) is 8.42. The lowest BCUT2D eigenvalue weighted by Crippen LogP contribution is -2.15. The number of nitrogens with one attached hydrogen (secondary N) is 2. The maximum absolute atomic E-state index is 6.14. The third kappa shape index (κ3) is 6.08. The monoisotopic (exact) mass is 370 g/mol. The average Bonchev–Trinajstić information content (AvgIpc) is 2.57. The Labute approximate surface area is 149 Å². The highest BCUT2D eigenvalue weighted by Gasteiger charge is 2.10. The lowest BCUT2D eigenvalue weighted by molar-refractivity contribution is 0.210. The minimum absolute atomic E-state index is 0.455. The van der Waals surface area contributed by atoms with E-state index in [2.05, 4.69) is 30.6 Å². The van der Waals surface area contributed by atoms with E-state index >= 15 is 0 Å². The zero-order valence-corrected chi connectivity index (χ0v) is 15.0. The first-order chi connectivity index (χ1) is 11.7. The molecule has 0 atom stereocenters. The molecule has 2 N–H and O–H groups in total. The van der Waals surface area contributed by atoms with E-state index in [9.17, 15) is 0 Å². The van der Waals surface area contributed by atoms with Gasteiger partial charge in [-0.05, 0) is 23.9 Å². The van der Waals surface area contributed by atoms with Crippen molar-refractivity contribution in [3.63, 3.8) is 0 Å². The van der Waals surface area contributed by atoms with Gasteiger partial charge in [0.25, 0.3) is 0 Å². The Morgan fingerprint density at radius 3 is 2.21 bits per heavy atom. The smallest absolute Gasteiger partial charge is 0.228 e. The van der Waals surface area contributed by atoms with E-state index in [4.69, 9.17) is 21.1 Å². The summed E-state index contributed by atoms with van der Waals surface area (Å²) in [6.07, 6.45) is 1.67. The topological polar surface area (TPSA) is 94.1 Å². The van der Waals surface area contributed by atoms with Crippen molar-refractivity contribution in [1.82, 2.24) is 19.9 Å². The highest BCUT2D eigenvalue weighted by Crippen LogP contribution is 2.29. The normalized spacial score (nSPS) is 10.6. The van der Waals surface area contributed by atoms with Gasteiger partial charge in [-0.1, -0.05) is 11.6 Å². The molecule has 2 aromatic rings. The highest BCUT2D eigenvalue weighted by atomic mass is 35.5. The molecule has 2 rings (SSSR count). The van der Waals surface area contributed by atoms with Crippen molar-refractivity contribution in [2.75, 3.05) is 51.2 Å². The van der Waals surface area contributed by atoms with E-state index in [1.165, 1.54) is 11.8 Å². The molecule has 0 fully saturated rings. The van der Waals surface area contributed by atoms with Gasteiger partial charge in [-0.25, -0.2) is 4.98 Å². The third-order valence-corrected chi connectivity index (χ3v) is 4.01. The molecule has 0 bridgehead atoms. The average molecular weight is 371 g/mol. The summed E-state index contributed by atoms with van der Waals surface area (Å²) in [6.45, 7) is 2.28. The molecule has 0 amide bonds. The number of hydrogen-bond donors (Lipinski definition) is 2. The molecule has 8 nitrogen and oxygen atoms in total. The van der Waals surface area contributed by atoms with Gasteiger partial charge in [0.2, 0.25) is 17.1 Å². The molecule has 0 radical (unpaired) electrons. The summed E-state index contributed by atoms with van der Waals surface area (Å²) < 4.78 is 10.0. The van der Waals surface area contributed by atoms with Gasteiger partial charge in [0.1, 0.15) is 5.03 Å². The maximum Gasteiger partial charge on any atom is 0.228 e. The molecule has 0 aliphatic rings. The van der Waals surface area contributed by atoms with Gasteiger partial charge in [0.15, 0.2) is 0 Å². The second kappa shape index (κ2) is 10.2. The second-order valence-corrected chi connectivity index (χ2v) is 5.86. The number of ether oxygens (including phenoxy) is 2. The van der Waals surface area contributed by atoms with Crippen LogP contribution < -0.4 is 10.6 Å². The number of aromatic nitrogens is 4. The molecule has 24 heavy (non-hydrogen) atoms. The summed E-state index contributed by atoms with van der Waals surface area (Å²) >= 11 is 7.41. The van der Waals surface area contributed by atoms with E-state index in [1.54, 1.807) is 32.5 Å². The number of rotatable bonds is 10. The van der Waals surface area contributed by atoms with Crippen molar-refractivity contribution >= 4 is 35.3 Å². The van der Waals surface area contributed by atoms with E-state index in [0.717, 1.165) is 0 Å². The highest BCUT2D eigenvalue weighted by molar-refractivity contribution is 7.99. The quantitative estimate of drug-likeness (QED) is 0.610. The molecular weight excluding hydrogens is 352 g/mol. The Morgan fingerprint density at radius 2 is 1.67 bits per heavy atom. The lowest BCUT2D eigenvalue weighted by atomic mass is 10.5. The molecule has 2 heterocycles. The summed E-state index contributed by atoms with van der Waals surface area (Å²) in [5.74, 6) is 0.910. The van der Waals surface area contributed by atoms with Crippen LogP contribution in [0.15, 0.2) is 28.5 Å². The number of pyridine rings is 1. The first-order valence-electron chi connectivity index (χ1n) is 7.23. The Morgan fingerprint density at radius 1 is 1.04 bits per heavy atom. The van der Waals surface area contributed by atoms with E-state index in [0.29, 0.717) is 53.4 Å². The van der Waals surface area contributed by atoms with Crippen molar-refractivity contribution in [3.8, 4) is 0 Å². The SMILES string of the molecule is COCCNc1nc(NCCOC)nc(Sc2ncccc2Cl)n1. The summed E-state index contributed by atoms with van der Waals surface area (Å²) in [6, 6.07) is 3.54. The summed E-state index contributed by atoms with van der Waals surface area (Å²) in [5, 5.41) is 7.86. The second-order valence-electron chi connectivity index (χ2n) is 4.50. The van der Waals surface area contributed by atoms with Crippen LogP contribution in [0.2, 0.25) is 5.02 Å². The van der Waals surface area contributed by atoms with Crippen LogP contribution in [0.4, 0.5) is 11.9 Å².